The Kier molecular flexibility index (Phi) is 8.14. The molecule has 0 saturated heterocycles. The lowest BCUT2D eigenvalue weighted by Gasteiger charge is -2.21. The van der Waals surface area contributed by atoms with Gasteiger partial charge in [0, 0.05) is 0 Å². The average molecular weight is 180 g/mol. The first-order valence-corrected chi connectivity index (χ1v) is 3.57. The number of hydrogen-bond acceptors (Lipinski definition) is 3. The maximum absolute atomic E-state index is 9.12. The van der Waals surface area contributed by atoms with Crippen LogP contribution in [0, 0.1) is 0 Å². The SMILES string of the molecule is C[N+](C)(C)CCO.O=C(O)CO. The third-order valence-corrected chi connectivity index (χ3v) is 0.906. The molecule has 12 heavy (non-hydrogen) atoms. The van der Waals surface area contributed by atoms with Crippen molar-refractivity contribution in [3.63, 3.8) is 0 Å². The number of aliphatic carboxylic acids is 1. The molecule has 0 aromatic rings. The lowest BCUT2D eigenvalue weighted by atomic mass is 10.5. The zero-order valence-corrected chi connectivity index (χ0v) is 7.82. The number of likely N-dealkylation sites (N-methyl/N-ethyl adjacent to an activating group) is 1. The summed E-state index contributed by atoms with van der Waals surface area (Å²) in [5.74, 6) is -1.19. The molecule has 0 aromatic heterocycles. The molecule has 0 heterocycles. The third kappa shape index (κ3) is 22.8. The zero-order valence-electron chi connectivity index (χ0n) is 7.82. The van der Waals surface area contributed by atoms with Gasteiger partial charge in [-0.3, -0.25) is 0 Å². The molecule has 0 aromatic carbocycles. The third-order valence-electron chi connectivity index (χ3n) is 0.906. The maximum atomic E-state index is 9.12. The minimum absolute atomic E-state index is 0.281. The molecule has 0 radical (unpaired) electrons. The van der Waals surface area contributed by atoms with Crippen molar-refractivity contribution in [3.05, 3.63) is 0 Å². The first-order valence-electron chi connectivity index (χ1n) is 3.57. The van der Waals surface area contributed by atoms with Gasteiger partial charge in [0.2, 0.25) is 0 Å². The van der Waals surface area contributed by atoms with E-state index < -0.39 is 12.6 Å². The van der Waals surface area contributed by atoms with Crippen molar-refractivity contribution in [1.82, 2.24) is 0 Å². The Balaban J connectivity index is 0. The molecule has 0 aliphatic carbocycles. The second-order valence-corrected chi connectivity index (χ2v) is 3.29. The molecule has 0 fully saturated rings. The first kappa shape index (κ1) is 13.9. The van der Waals surface area contributed by atoms with E-state index in [4.69, 9.17) is 20.1 Å². The Morgan fingerprint density at radius 2 is 1.58 bits per heavy atom. The molecule has 0 saturated carbocycles. The van der Waals surface area contributed by atoms with Gasteiger partial charge in [0.25, 0.3) is 0 Å². The predicted molar refractivity (Wildman–Crippen MR) is 44.7 cm³/mol. The highest BCUT2D eigenvalue weighted by Gasteiger charge is 2.02. The minimum atomic E-state index is -1.19. The standard InChI is InChI=1S/C5H14NO.C2H4O3/c1-6(2,3)4-5-7;3-1-2(4)5/h7H,4-5H2,1-3H3;3H,1H2,(H,4,5)/q+1;. The Labute approximate surface area is 72.4 Å². The summed E-state index contributed by atoms with van der Waals surface area (Å²) in [5.41, 5.74) is 0. The quantitative estimate of drug-likeness (QED) is 0.474. The fourth-order valence-electron chi connectivity index (χ4n) is 0.300. The average Bonchev–Trinajstić information content (AvgIpc) is 1.86. The molecular formula is C7H18NO4+. The normalized spacial score (nSPS) is 10.1. The number of aliphatic hydroxyl groups excluding tert-OH is 2. The van der Waals surface area contributed by atoms with E-state index in [1.807, 2.05) is 0 Å². The molecule has 0 rings (SSSR count). The van der Waals surface area contributed by atoms with Crippen LogP contribution in [0.1, 0.15) is 0 Å². The topological polar surface area (TPSA) is 77.8 Å². The molecule has 0 atom stereocenters. The van der Waals surface area contributed by atoms with Crippen LogP contribution in [0.4, 0.5) is 0 Å². The van der Waals surface area contributed by atoms with E-state index in [-0.39, 0.29) is 6.61 Å². The summed E-state index contributed by atoms with van der Waals surface area (Å²) >= 11 is 0. The van der Waals surface area contributed by atoms with Crippen LogP contribution < -0.4 is 0 Å². The van der Waals surface area contributed by atoms with Crippen LogP contribution in [0.15, 0.2) is 0 Å². The molecule has 0 bridgehead atoms. The van der Waals surface area contributed by atoms with Gasteiger partial charge in [-0.05, 0) is 0 Å². The number of rotatable bonds is 3. The van der Waals surface area contributed by atoms with E-state index in [0.29, 0.717) is 0 Å². The Morgan fingerprint density at radius 1 is 1.25 bits per heavy atom. The molecule has 74 valence electrons. The maximum Gasteiger partial charge on any atom is 0.329 e. The van der Waals surface area contributed by atoms with Crippen molar-refractivity contribution in [3.8, 4) is 0 Å². The van der Waals surface area contributed by atoms with Crippen LogP contribution in [-0.2, 0) is 4.79 Å². The molecule has 0 aliphatic heterocycles. The summed E-state index contributed by atoms with van der Waals surface area (Å²) < 4.78 is 0.844. The van der Waals surface area contributed by atoms with Gasteiger partial charge in [-0.15, -0.1) is 0 Å². The molecule has 0 spiro atoms. The second kappa shape index (κ2) is 7.02. The highest BCUT2D eigenvalue weighted by Crippen LogP contribution is 1.84. The Morgan fingerprint density at radius 3 is 1.58 bits per heavy atom. The highest BCUT2D eigenvalue weighted by atomic mass is 16.4. The van der Waals surface area contributed by atoms with Gasteiger partial charge < -0.3 is 19.8 Å². The number of quaternary nitrogens is 1. The lowest BCUT2D eigenvalue weighted by Crippen LogP contribution is -2.36. The van der Waals surface area contributed by atoms with Crippen molar-refractivity contribution in [2.45, 2.75) is 0 Å². The van der Waals surface area contributed by atoms with Gasteiger partial charge >= 0.3 is 5.97 Å². The van der Waals surface area contributed by atoms with Crippen LogP contribution >= 0.6 is 0 Å². The van der Waals surface area contributed by atoms with Crippen LogP contribution in [0.2, 0.25) is 0 Å². The number of carbonyl (C=O) groups is 1. The number of carboxylic acids is 1. The van der Waals surface area contributed by atoms with Gasteiger partial charge in [-0.1, -0.05) is 0 Å². The minimum Gasteiger partial charge on any atom is -0.480 e. The zero-order chi connectivity index (χ0) is 10.2. The summed E-state index contributed by atoms with van der Waals surface area (Å²) in [6.45, 7) is 0.337. The second-order valence-electron chi connectivity index (χ2n) is 3.29. The summed E-state index contributed by atoms with van der Waals surface area (Å²) in [6, 6.07) is 0. The monoisotopic (exact) mass is 180 g/mol. The summed E-state index contributed by atoms with van der Waals surface area (Å²) in [5, 5.41) is 23.4. The molecule has 0 amide bonds. The van der Waals surface area contributed by atoms with E-state index in [1.165, 1.54) is 0 Å². The fourth-order valence-corrected chi connectivity index (χ4v) is 0.300. The molecular weight excluding hydrogens is 162 g/mol. The largest absolute Gasteiger partial charge is 0.480 e. The highest BCUT2D eigenvalue weighted by molar-refractivity contribution is 5.67. The Bertz CT molecular complexity index is 119. The first-order chi connectivity index (χ1) is 5.33. The number of carboxylic acid groups (broad SMARTS) is 1. The van der Waals surface area contributed by atoms with Crippen molar-refractivity contribution < 1.29 is 24.6 Å². The summed E-state index contributed by atoms with van der Waals surface area (Å²) in [7, 11) is 6.16. The van der Waals surface area contributed by atoms with E-state index >= 15 is 0 Å². The van der Waals surface area contributed by atoms with Crippen molar-refractivity contribution >= 4 is 5.97 Å². The van der Waals surface area contributed by atoms with E-state index in [9.17, 15) is 0 Å². The smallest absolute Gasteiger partial charge is 0.329 e. The van der Waals surface area contributed by atoms with Gasteiger partial charge in [-0.25, -0.2) is 4.79 Å². The van der Waals surface area contributed by atoms with E-state index in [2.05, 4.69) is 21.1 Å². The van der Waals surface area contributed by atoms with Crippen LogP contribution in [0.5, 0.6) is 0 Å². The van der Waals surface area contributed by atoms with Gasteiger partial charge in [-0.2, -0.15) is 0 Å². The van der Waals surface area contributed by atoms with Crippen LogP contribution in [0.25, 0.3) is 0 Å². The lowest BCUT2D eigenvalue weighted by molar-refractivity contribution is -0.870. The fraction of sp³-hybridized carbons (Fsp3) is 0.857. The number of hydrogen-bond donors (Lipinski definition) is 3. The number of aliphatic hydroxyl groups is 2. The molecule has 0 unspecified atom stereocenters. The van der Waals surface area contributed by atoms with Crippen molar-refractivity contribution in [1.29, 1.82) is 0 Å². The van der Waals surface area contributed by atoms with Gasteiger partial charge in [0.15, 0.2) is 0 Å². The summed E-state index contributed by atoms with van der Waals surface area (Å²) in [6.07, 6.45) is 0. The van der Waals surface area contributed by atoms with Crippen molar-refractivity contribution in [2.75, 3.05) is 40.9 Å². The van der Waals surface area contributed by atoms with E-state index in [1.54, 1.807) is 0 Å². The molecule has 0 aliphatic rings. The van der Waals surface area contributed by atoms with Gasteiger partial charge in [0.05, 0.1) is 27.7 Å². The number of nitrogens with zero attached hydrogens (tertiary/aromatic N) is 1. The van der Waals surface area contributed by atoms with Crippen LogP contribution in [0.3, 0.4) is 0 Å². The molecule has 5 nitrogen and oxygen atoms in total. The van der Waals surface area contributed by atoms with Crippen LogP contribution in [-0.4, -0.2) is 66.7 Å². The Hall–Kier alpha value is -0.650. The van der Waals surface area contributed by atoms with Crippen molar-refractivity contribution in [2.24, 2.45) is 0 Å². The van der Waals surface area contributed by atoms with E-state index in [0.717, 1.165) is 11.0 Å². The molecule has 3 N–H and O–H groups in total. The molecule has 5 heteroatoms. The predicted octanol–water partition coefficient (Wildman–Crippen LogP) is -1.25. The summed E-state index contributed by atoms with van der Waals surface area (Å²) in [4.78, 5) is 9.12. The van der Waals surface area contributed by atoms with Gasteiger partial charge in [0.1, 0.15) is 13.2 Å².